The van der Waals surface area contributed by atoms with E-state index in [2.05, 4.69) is 26.6 Å². The summed E-state index contributed by atoms with van der Waals surface area (Å²) in [5.41, 5.74) is 1.26. The van der Waals surface area contributed by atoms with E-state index in [1.807, 2.05) is 32.1 Å². The van der Waals surface area contributed by atoms with E-state index in [0.29, 0.717) is 18.4 Å². The van der Waals surface area contributed by atoms with E-state index in [4.69, 9.17) is 14.9 Å². The number of rotatable bonds is 3. The topological polar surface area (TPSA) is 156 Å². The van der Waals surface area contributed by atoms with Crippen molar-refractivity contribution in [2.24, 2.45) is 5.92 Å². The van der Waals surface area contributed by atoms with Gasteiger partial charge in [0.25, 0.3) is 0 Å². The number of aliphatic carboxylic acids is 1. The standard InChI is InChI=1S/C31H41BrN6O6/c1-17-18(2)25-23(14-21(17)32)35-38(36-25)20-13-24-26(39)34-31(28(41)42)15-19(31)11-9-7-6-8-10-12-22(27(40)37(24)16-20)33-29(43)44-30(3,4)5/h9,11,14,19-20,22,24H,6-8,10,12-13,15-16H2,1-5H3,(H,33,43)(H,34,39)(H,41,42)/b11-9-/t19-,20+,22+,24+,31-/m1/s1. The van der Waals surface area contributed by atoms with Crippen LogP contribution in [-0.2, 0) is 19.1 Å². The highest BCUT2D eigenvalue weighted by Gasteiger charge is 2.61. The van der Waals surface area contributed by atoms with Gasteiger partial charge in [-0.2, -0.15) is 15.0 Å². The van der Waals surface area contributed by atoms with Gasteiger partial charge in [0.2, 0.25) is 11.8 Å². The number of hydrogen-bond donors (Lipinski definition) is 3. The fraction of sp³-hybridized carbons (Fsp3) is 0.613. The molecule has 5 rings (SSSR count). The Labute approximate surface area is 265 Å². The molecule has 1 aromatic heterocycles. The first kappa shape index (κ1) is 31.9. The Bertz CT molecular complexity index is 1520. The quantitative estimate of drug-likeness (QED) is 0.407. The van der Waals surface area contributed by atoms with Crippen molar-refractivity contribution in [2.75, 3.05) is 6.54 Å². The average molecular weight is 674 g/mol. The Kier molecular flexibility index (Phi) is 8.80. The minimum atomic E-state index is -1.41. The minimum absolute atomic E-state index is 0.118. The SMILES string of the molecule is Cc1c(Br)cc2nn([C@H]3C[C@H]4C(=O)N[C@]5(C(=O)O)C[C@H]5/C=C\CCCCC[C@H](NC(=O)OC(C)(C)C)C(=O)N4C3)nc2c1C. The third kappa shape index (κ3) is 6.47. The summed E-state index contributed by atoms with van der Waals surface area (Å²) in [7, 11) is 0. The third-order valence-corrected chi connectivity index (χ3v) is 9.67. The maximum absolute atomic E-state index is 14.2. The van der Waals surface area contributed by atoms with Gasteiger partial charge in [-0.25, -0.2) is 9.59 Å². The predicted octanol–water partition coefficient (Wildman–Crippen LogP) is 4.33. The van der Waals surface area contributed by atoms with E-state index >= 15 is 0 Å². The van der Waals surface area contributed by atoms with Gasteiger partial charge in [0.05, 0.1) is 6.04 Å². The predicted molar refractivity (Wildman–Crippen MR) is 166 cm³/mol. The lowest BCUT2D eigenvalue weighted by Crippen LogP contribution is -2.56. The second-order valence-electron chi connectivity index (χ2n) is 13.2. The van der Waals surface area contributed by atoms with Gasteiger partial charge in [-0.05, 0) is 77.5 Å². The van der Waals surface area contributed by atoms with Crippen LogP contribution in [0.5, 0.6) is 0 Å². The molecule has 3 aliphatic rings. The molecule has 0 spiro atoms. The highest BCUT2D eigenvalue weighted by atomic mass is 79.9. The lowest BCUT2D eigenvalue weighted by molar-refractivity contribution is -0.145. The molecule has 12 nitrogen and oxygen atoms in total. The minimum Gasteiger partial charge on any atom is -0.479 e. The molecule has 1 aromatic carbocycles. The molecule has 13 heteroatoms. The molecule has 2 aliphatic heterocycles. The molecular formula is C31H41BrN6O6. The van der Waals surface area contributed by atoms with Gasteiger partial charge in [-0.15, -0.1) is 0 Å². The van der Waals surface area contributed by atoms with Crippen LogP contribution in [0.1, 0.15) is 82.9 Å². The van der Waals surface area contributed by atoms with Gasteiger partial charge in [-0.3, -0.25) is 9.59 Å². The molecule has 3 amide bonds. The van der Waals surface area contributed by atoms with Crippen molar-refractivity contribution >= 4 is 50.8 Å². The number of aromatic nitrogens is 3. The molecule has 44 heavy (non-hydrogen) atoms. The highest BCUT2D eigenvalue weighted by Crippen LogP contribution is 2.45. The number of alkyl carbamates (subject to hydrolysis) is 1. The Balaban J connectivity index is 1.49. The Morgan fingerprint density at radius 1 is 1.16 bits per heavy atom. The van der Waals surface area contributed by atoms with E-state index in [1.165, 1.54) is 4.90 Å². The van der Waals surface area contributed by atoms with Crippen LogP contribution in [0.3, 0.4) is 0 Å². The Morgan fingerprint density at radius 2 is 1.91 bits per heavy atom. The molecule has 238 valence electrons. The van der Waals surface area contributed by atoms with Crippen LogP contribution < -0.4 is 10.6 Å². The number of hydrogen-bond acceptors (Lipinski definition) is 7. The van der Waals surface area contributed by atoms with Crippen LogP contribution in [0.25, 0.3) is 11.0 Å². The van der Waals surface area contributed by atoms with Gasteiger partial charge >= 0.3 is 12.1 Å². The molecule has 1 saturated carbocycles. The van der Waals surface area contributed by atoms with Gasteiger partial charge in [-0.1, -0.05) is 40.9 Å². The Hall–Kier alpha value is -3.48. The lowest BCUT2D eigenvalue weighted by Gasteiger charge is -2.30. The summed E-state index contributed by atoms with van der Waals surface area (Å²) in [4.78, 5) is 56.2. The molecule has 3 heterocycles. The van der Waals surface area contributed by atoms with E-state index in [0.717, 1.165) is 40.4 Å². The molecule has 0 radical (unpaired) electrons. The summed E-state index contributed by atoms with van der Waals surface area (Å²) >= 11 is 3.58. The van der Waals surface area contributed by atoms with Gasteiger partial charge < -0.3 is 25.4 Å². The summed E-state index contributed by atoms with van der Waals surface area (Å²) in [6, 6.07) is -0.457. The summed E-state index contributed by atoms with van der Waals surface area (Å²) in [6.07, 6.45) is 7.09. The number of nitrogens with zero attached hydrogens (tertiary/aromatic N) is 4. The second kappa shape index (κ2) is 12.1. The molecule has 3 N–H and O–H groups in total. The maximum Gasteiger partial charge on any atom is 0.408 e. The number of amides is 3. The zero-order chi connectivity index (χ0) is 32.0. The van der Waals surface area contributed by atoms with Crippen LogP contribution in [0.4, 0.5) is 4.79 Å². The summed E-state index contributed by atoms with van der Waals surface area (Å²) in [5.74, 6) is -2.39. The second-order valence-corrected chi connectivity index (χ2v) is 14.1. The number of carboxylic acid groups (broad SMARTS) is 1. The van der Waals surface area contributed by atoms with E-state index in [9.17, 15) is 24.3 Å². The largest absolute Gasteiger partial charge is 0.479 e. The molecule has 1 saturated heterocycles. The van der Waals surface area contributed by atoms with Crippen molar-refractivity contribution in [1.82, 2.24) is 30.5 Å². The average Bonchev–Trinajstić information content (AvgIpc) is 3.25. The van der Waals surface area contributed by atoms with Crippen molar-refractivity contribution in [2.45, 2.75) is 109 Å². The van der Waals surface area contributed by atoms with Crippen molar-refractivity contribution in [3.8, 4) is 0 Å². The van der Waals surface area contributed by atoms with E-state index in [1.54, 1.807) is 25.6 Å². The molecule has 0 bridgehead atoms. The van der Waals surface area contributed by atoms with Gasteiger partial charge in [0.15, 0.2) is 0 Å². The monoisotopic (exact) mass is 672 g/mol. The molecule has 5 atom stereocenters. The third-order valence-electron chi connectivity index (χ3n) is 8.85. The number of carbonyl (C=O) groups is 4. The highest BCUT2D eigenvalue weighted by molar-refractivity contribution is 9.10. The van der Waals surface area contributed by atoms with Crippen molar-refractivity contribution in [1.29, 1.82) is 0 Å². The number of ether oxygens (including phenoxy) is 1. The first-order valence-corrected chi connectivity index (χ1v) is 16.0. The van der Waals surface area contributed by atoms with Crippen molar-refractivity contribution < 1.29 is 29.0 Å². The number of allylic oxidation sites excluding steroid dienone is 1. The first-order valence-electron chi connectivity index (χ1n) is 15.2. The smallest absolute Gasteiger partial charge is 0.408 e. The lowest BCUT2D eigenvalue weighted by atomic mass is 10.0. The maximum atomic E-state index is 14.2. The van der Waals surface area contributed by atoms with Crippen LogP contribution in [0, 0.1) is 19.8 Å². The summed E-state index contributed by atoms with van der Waals surface area (Å²) in [6.45, 7) is 9.31. The molecule has 0 unspecified atom stereocenters. The first-order chi connectivity index (χ1) is 20.7. The zero-order valence-corrected chi connectivity index (χ0v) is 27.4. The van der Waals surface area contributed by atoms with E-state index < -0.39 is 53.1 Å². The van der Waals surface area contributed by atoms with Crippen LogP contribution in [0.2, 0.25) is 0 Å². The summed E-state index contributed by atoms with van der Waals surface area (Å²) in [5, 5.41) is 25.1. The molecular weight excluding hydrogens is 632 g/mol. The number of fused-ring (bicyclic) bond motifs is 3. The normalized spacial score (nSPS) is 28.7. The number of benzene rings is 1. The van der Waals surface area contributed by atoms with Crippen molar-refractivity contribution in [3.05, 3.63) is 33.8 Å². The Morgan fingerprint density at radius 3 is 2.61 bits per heavy atom. The van der Waals surface area contributed by atoms with Crippen LogP contribution >= 0.6 is 15.9 Å². The fourth-order valence-electron chi connectivity index (χ4n) is 6.14. The number of carbonyl (C=O) groups excluding carboxylic acids is 3. The van der Waals surface area contributed by atoms with Crippen LogP contribution in [0.15, 0.2) is 22.7 Å². The van der Waals surface area contributed by atoms with Gasteiger partial charge in [0.1, 0.15) is 34.3 Å². The number of aryl methyl sites for hydroxylation is 1. The number of halogens is 1. The fourth-order valence-corrected chi connectivity index (χ4v) is 6.66. The van der Waals surface area contributed by atoms with E-state index in [-0.39, 0.29) is 25.3 Å². The number of nitrogens with one attached hydrogen (secondary N) is 2. The molecule has 2 fully saturated rings. The summed E-state index contributed by atoms with van der Waals surface area (Å²) < 4.78 is 6.37. The van der Waals surface area contributed by atoms with Crippen LogP contribution in [-0.4, -0.2) is 78.6 Å². The van der Waals surface area contributed by atoms with Crippen molar-refractivity contribution in [3.63, 3.8) is 0 Å². The molecule has 1 aliphatic carbocycles. The number of carboxylic acids is 1. The molecule has 2 aromatic rings. The van der Waals surface area contributed by atoms with Gasteiger partial charge in [0, 0.05) is 23.4 Å². The zero-order valence-electron chi connectivity index (χ0n) is 25.9.